The third kappa shape index (κ3) is 3.96. The Morgan fingerprint density at radius 1 is 1.23 bits per heavy atom. The van der Waals surface area contributed by atoms with Crippen molar-refractivity contribution >= 4 is 5.69 Å². The first-order chi connectivity index (χ1) is 6.43. The number of H-pyrrole nitrogens is 1. The summed E-state index contributed by atoms with van der Waals surface area (Å²) in [7, 11) is 1.89. The Hall–Kier alpha value is -1.77. The van der Waals surface area contributed by atoms with Gasteiger partial charge in [-0.3, -0.25) is 4.98 Å². The lowest BCUT2D eigenvalue weighted by Crippen LogP contribution is -1.81. The first-order valence-corrected chi connectivity index (χ1v) is 4.09. The number of hydrogen-bond donors (Lipinski definition) is 2. The quantitative estimate of drug-likeness (QED) is 0.697. The van der Waals surface area contributed by atoms with Crippen molar-refractivity contribution in [2.45, 2.75) is 0 Å². The fourth-order valence-electron chi connectivity index (χ4n) is 0.792. The first-order valence-electron chi connectivity index (χ1n) is 4.09. The van der Waals surface area contributed by atoms with Gasteiger partial charge in [-0.25, -0.2) is 0 Å². The van der Waals surface area contributed by atoms with Crippen LogP contribution in [0.3, 0.4) is 0 Å². The average molecular weight is 175 g/mol. The minimum Gasteiger partial charge on any atom is -0.387 e. The third-order valence-corrected chi connectivity index (χ3v) is 1.45. The van der Waals surface area contributed by atoms with Crippen LogP contribution < -0.4 is 5.32 Å². The van der Waals surface area contributed by atoms with Gasteiger partial charge in [0.15, 0.2) is 0 Å². The van der Waals surface area contributed by atoms with Gasteiger partial charge in [0.1, 0.15) is 0 Å². The number of aromatic amines is 1. The summed E-state index contributed by atoms with van der Waals surface area (Å²) < 4.78 is 0. The molecule has 3 heteroatoms. The van der Waals surface area contributed by atoms with E-state index >= 15 is 0 Å². The second-order valence-electron chi connectivity index (χ2n) is 2.37. The van der Waals surface area contributed by atoms with Gasteiger partial charge in [-0.15, -0.1) is 0 Å². The molecule has 0 bridgehead atoms. The zero-order valence-electron chi connectivity index (χ0n) is 7.57. The van der Waals surface area contributed by atoms with Gasteiger partial charge in [0.25, 0.3) is 0 Å². The fraction of sp³-hybridized carbons (Fsp3) is 0.100. The molecular formula is C10H13N3. The Morgan fingerprint density at radius 2 is 2.00 bits per heavy atom. The molecule has 0 saturated heterocycles. The van der Waals surface area contributed by atoms with E-state index in [0.29, 0.717) is 0 Å². The van der Waals surface area contributed by atoms with Crippen molar-refractivity contribution in [3.05, 3.63) is 49.1 Å². The maximum absolute atomic E-state index is 3.78. The van der Waals surface area contributed by atoms with E-state index in [9.17, 15) is 0 Å². The van der Waals surface area contributed by atoms with E-state index in [-0.39, 0.29) is 0 Å². The number of nitrogens with one attached hydrogen (secondary N) is 2. The predicted molar refractivity (Wildman–Crippen MR) is 54.6 cm³/mol. The lowest BCUT2D eigenvalue weighted by atomic mass is 10.5. The maximum Gasteiger partial charge on any atom is 0.0515 e. The topological polar surface area (TPSA) is 40.7 Å². The standard InChI is InChI=1S/C5H8N2.C5H5N/c1-6-5-2-3-7-4-5;1-2-4-6-5-3-1/h2-4,6-7H,1H3;1-5H. The zero-order chi connectivity index (χ0) is 9.36. The van der Waals surface area contributed by atoms with E-state index in [0.717, 1.165) is 5.69 Å². The molecule has 0 radical (unpaired) electrons. The molecule has 0 saturated carbocycles. The summed E-state index contributed by atoms with van der Waals surface area (Å²) >= 11 is 0. The molecule has 0 aromatic carbocycles. The third-order valence-electron chi connectivity index (χ3n) is 1.45. The van der Waals surface area contributed by atoms with Crippen LogP contribution >= 0.6 is 0 Å². The Bertz CT molecular complexity index is 262. The summed E-state index contributed by atoms with van der Waals surface area (Å²) in [6.07, 6.45) is 7.28. The minimum absolute atomic E-state index is 1.13. The van der Waals surface area contributed by atoms with Crippen LogP contribution in [0.25, 0.3) is 0 Å². The van der Waals surface area contributed by atoms with Gasteiger partial charge >= 0.3 is 0 Å². The normalized spacial score (nSPS) is 8.38. The molecule has 0 fully saturated rings. The van der Waals surface area contributed by atoms with Crippen LogP contribution in [0.5, 0.6) is 0 Å². The molecule has 0 unspecified atom stereocenters. The van der Waals surface area contributed by atoms with Crippen molar-refractivity contribution in [2.24, 2.45) is 0 Å². The van der Waals surface area contributed by atoms with Gasteiger partial charge in [-0.2, -0.15) is 0 Å². The molecule has 3 nitrogen and oxygen atoms in total. The lowest BCUT2D eigenvalue weighted by Gasteiger charge is -1.86. The molecule has 2 aromatic rings. The van der Waals surface area contributed by atoms with E-state index in [1.165, 1.54) is 0 Å². The monoisotopic (exact) mass is 175 g/mol. The zero-order valence-corrected chi connectivity index (χ0v) is 7.57. The molecule has 0 aliphatic heterocycles. The maximum atomic E-state index is 3.78. The minimum atomic E-state index is 1.13. The van der Waals surface area contributed by atoms with Crippen molar-refractivity contribution in [3.8, 4) is 0 Å². The Morgan fingerprint density at radius 3 is 2.23 bits per heavy atom. The molecule has 0 atom stereocenters. The number of pyridine rings is 1. The highest BCUT2D eigenvalue weighted by molar-refractivity contribution is 5.38. The van der Waals surface area contributed by atoms with Crippen LogP contribution in [0.1, 0.15) is 0 Å². The van der Waals surface area contributed by atoms with Gasteiger partial charge in [0, 0.05) is 31.8 Å². The molecule has 0 aliphatic rings. The van der Waals surface area contributed by atoms with Gasteiger partial charge in [0.05, 0.1) is 5.69 Å². The van der Waals surface area contributed by atoms with E-state index in [4.69, 9.17) is 0 Å². The molecule has 2 aromatic heterocycles. The van der Waals surface area contributed by atoms with Crippen LogP contribution in [0.4, 0.5) is 5.69 Å². The fourth-order valence-corrected chi connectivity index (χ4v) is 0.792. The summed E-state index contributed by atoms with van der Waals surface area (Å²) in [5, 5.41) is 2.98. The first kappa shape index (κ1) is 9.32. The highest BCUT2D eigenvalue weighted by Crippen LogP contribution is 1.99. The highest BCUT2D eigenvalue weighted by Gasteiger charge is 1.79. The summed E-state index contributed by atoms with van der Waals surface area (Å²) in [5.41, 5.74) is 1.13. The molecule has 2 heterocycles. The number of rotatable bonds is 1. The molecule has 0 amide bonds. The van der Waals surface area contributed by atoms with Crippen molar-refractivity contribution < 1.29 is 0 Å². The van der Waals surface area contributed by atoms with Crippen LogP contribution in [-0.2, 0) is 0 Å². The van der Waals surface area contributed by atoms with Gasteiger partial charge in [-0.1, -0.05) is 6.07 Å². The highest BCUT2D eigenvalue weighted by atomic mass is 14.8. The van der Waals surface area contributed by atoms with E-state index in [2.05, 4.69) is 15.3 Å². The van der Waals surface area contributed by atoms with Crippen molar-refractivity contribution in [2.75, 3.05) is 12.4 Å². The Kier molecular flexibility index (Phi) is 4.18. The smallest absolute Gasteiger partial charge is 0.0515 e. The predicted octanol–water partition coefficient (Wildman–Crippen LogP) is 2.14. The van der Waals surface area contributed by atoms with Crippen molar-refractivity contribution in [3.63, 3.8) is 0 Å². The SMILES string of the molecule is CNc1cc[nH]c1.c1ccncc1. The number of aromatic nitrogens is 2. The molecular weight excluding hydrogens is 162 g/mol. The largest absolute Gasteiger partial charge is 0.387 e. The Balaban J connectivity index is 0.000000132. The number of anilines is 1. The summed E-state index contributed by atoms with van der Waals surface area (Å²) in [6.45, 7) is 0. The average Bonchev–Trinajstić information content (AvgIpc) is 2.74. The lowest BCUT2D eigenvalue weighted by molar-refractivity contribution is 1.33. The Labute approximate surface area is 77.8 Å². The molecule has 2 N–H and O–H groups in total. The van der Waals surface area contributed by atoms with Crippen molar-refractivity contribution in [1.82, 2.24) is 9.97 Å². The molecule has 2 rings (SSSR count). The summed E-state index contributed by atoms with van der Waals surface area (Å²) in [5.74, 6) is 0. The summed E-state index contributed by atoms with van der Waals surface area (Å²) in [4.78, 5) is 6.70. The van der Waals surface area contributed by atoms with E-state index in [1.807, 2.05) is 43.7 Å². The van der Waals surface area contributed by atoms with Crippen LogP contribution in [0, 0.1) is 0 Å². The van der Waals surface area contributed by atoms with Gasteiger partial charge in [-0.05, 0) is 18.2 Å². The van der Waals surface area contributed by atoms with Crippen LogP contribution in [0.2, 0.25) is 0 Å². The van der Waals surface area contributed by atoms with Crippen molar-refractivity contribution in [1.29, 1.82) is 0 Å². The molecule has 0 spiro atoms. The summed E-state index contributed by atoms with van der Waals surface area (Å²) in [6, 6.07) is 7.69. The van der Waals surface area contributed by atoms with Gasteiger partial charge in [0.2, 0.25) is 0 Å². The van der Waals surface area contributed by atoms with Crippen LogP contribution in [0.15, 0.2) is 49.1 Å². The second kappa shape index (κ2) is 5.83. The molecule has 0 aliphatic carbocycles. The molecule has 13 heavy (non-hydrogen) atoms. The van der Waals surface area contributed by atoms with Crippen LogP contribution in [-0.4, -0.2) is 17.0 Å². The second-order valence-corrected chi connectivity index (χ2v) is 2.37. The molecule has 68 valence electrons. The number of nitrogens with zero attached hydrogens (tertiary/aromatic N) is 1. The number of hydrogen-bond acceptors (Lipinski definition) is 2. The van der Waals surface area contributed by atoms with E-state index in [1.54, 1.807) is 12.4 Å². The van der Waals surface area contributed by atoms with Gasteiger partial charge < -0.3 is 10.3 Å². The van der Waals surface area contributed by atoms with E-state index < -0.39 is 0 Å².